The number of aliphatic hydroxyl groups is 3. The van der Waals surface area contributed by atoms with Gasteiger partial charge in [-0.1, -0.05) is 360 Å². The van der Waals surface area contributed by atoms with Gasteiger partial charge in [0.2, 0.25) is 0 Å². The van der Waals surface area contributed by atoms with E-state index in [1.165, 1.54) is 142 Å². The number of aromatic nitrogens is 3. The summed E-state index contributed by atoms with van der Waals surface area (Å²) in [4.78, 5) is 51.4. The Balaban J connectivity index is 0.000000186. The van der Waals surface area contributed by atoms with Crippen LogP contribution in [0.2, 0.25) is 0 Å². The van der Waals surface area contributed by atoms with Crippen LogP contribution >= 0.6 is 11.3 Å². The zero-order valence-corrected chi connectivity index (χ0v) is 90.5. The topological polar surface area (TPSA) is 151 Å². The number of nitrogens with zero attached hydrogens (tertiary/aromatic N) is 3. The summed E-state index contributed by atoms with van der Waals surface area (Å²) in [6.07, 6.45) is 16.5. The van der Waals surface area contributed by atoms with Crippen molar-refractivity contribution < 1.29 is 90.0 Å². The minimum Gasteiger partial charge on any atom is -0.512 e. The third-order valence-corrected chi connectivity index (χ3v) is 29.4. The van der Waals surface area contributed by atoms with Gasteiger partial charge in [-0.2, -0.15) is 0 Å². The quantitative estimate of drug-likeness (QED) is 0.0276. The largest absolute Gasteiger partial charge is 0.512 e. The fraction of sp³-hybridized carbons (Fsp3) is 0.295. The van der Waals surface area contributed by atoms with Crippen LogP contribution in [0.15, 0.2) is 291 Å². The third-order valence-electron chi connectivity index (χ3n) is 28.2. The normalized spacial score (nSPS) is 12.1. The number of rotatable bonds is 21. The predicted octanol–water partition coefficient (Wildman–Crippen LogP) is 34.5. The van der Waals surface area contributed by atoms with E-state index in [4.69, 9.17) is 15.0 Å². The van der Waals surface area contributed by atoms with Gasteiger partial charge >= 0.3 is 0 Å². The first-order valence-corrected chi connectivity index (χ1v) is 47.7. The Labute approximate surface area is 845 Å². The number of thiophene rings is 1. The molecule has 0 saturated heterocycles. The fourth-order valence-electron chi connectivity index (χ4n) is 16.1. The molecule has 17 rings (SSSR count). The van der Waals surface area contributed by atoms with Gasteiger partial charge in [-0.25, -0.2) is 0 Å². The maximum atomic E-state index is 12.2. The average Bonchev–Trinajstić information content (AvgIpc) is 1.25. The maximum Gasteiger partial charge on any atom is 0.164 e. The second kappa shape index (κ2) is 46.4. The molecule has 0 amide bonds. The zero-order valence-electron chi connectivity index (χ0n) is 82.5. The number of ketones is 3. The average molecular weight is 2340 g/mol. The standard InChI is InChI=1S/C29H20N.C28H18N.C24H16NS.C15H28O2.2C13H24O2.3Ir/c1-18-7-11-24-21(15-18)10-12-27-26(24)13-14-30-29(27)23-16-19(2)28-22(17-23)9-8-20-5-3-4-6-25(20)28;1-18-16-21(17-20-7-3-4-8-22(18)20)28-27-13-12-24-23-9-5-2-6-19(23)10-11-25(24)26(27)14-15-29-28;1-16-13-20(14-18-9-5-6-10-21(16)18)23-24-19(11-12-25-23)15-22(26-24)17-7-3-2-4-8-17;1-7-14(5,8-2)12(16)11-13(17)15(6,9-3)10-4;2*1-7-12(3,4)10(14)9-11(15)13(5,6)8-2;;;/h3-16H,1-2H3;2-16H,1H3;2-13,15H,1H3;11,16H,7-10H2,1-6H3;2*9,14H,7-8H2,1-6H3;;;/q3*-1;;;;;;. The SMILES string of the molecule is CCC(C)(C)C(=O)C=C(O)C(C)(C)CC.CCC(C)(C)C(=O)C=C(O)C(C)(C)CC.CCC(C)(CC)C(=O)C=C(O)C(C)(CC)CC.Cc1cc(-c2nccc3c2ccc2c4ccccc4ccc32)[c-]c2ccccc12.Cc1cc(-c2nccc3cc(-c4ccccc4)sc23)[c-]c2ccccc12.Cc1ccc2c(ccc3c(-c4[c-]c5ccc6ccccc6c5c(C)c4)nccc32)c1.[Ir].[Ir].[Ir]. The van der Waals surface area contributed by atoms with Crippen LogP contribution in [0, 0.1) is 78.4 Å². The maximum absolute atomic E-state index is 12.2. The zero-order chi connectivity index (χ0) is 95.4. The van der Waals surface area contributed by atoms with Gasteiger partial charge in [0.25, 0.3) is 0 Å². The van der Waals surface area contributed by atoms with E-state index in [1.54, 1.807) is 11.3 Å². The first-order chi connectivity index (χ1) is 62.9. The van der Waals surface area contributed by atoms with Crippen LogP contribution in [0.25, 0.3) is 151 Å². The van der Waals surface area contributed by atoms with Crippen molar-refractivity contribution in [3.8, 4) is 44.2 Å². The van der Waals surface area contributed by atoms with Gasteiger partial charge in [0.15, 0.2) is 17.3 Å². The van der Waals surface area contributed by atoms with E-state index in [0.29, 0.717) is 0 Å². The van der Waals surface area contributed by atoms with Gasteiger partial charge in [0.1, 0.15) is 17.3 Å². The third kappa shape index (κ3) is 24.4. The van der Waals surface area contributed by atoms with Gasteiger partial charge < -0.3 is 15.3 Å². The number of carbonyl (C=O) groups excluding carboxylic acids is 3. The Hall–Kier alpha value is -10.8. The number of benzene rings is 13. The van der Waals surface area contributed by atoms with Crippen molar-refractivity contribution in [1.82, 2.24) is 15.0 Å². The van der Waals surface area contributed by atoms with Gasteiger partial charge in [0.05, 0.1) is 0 Å². The molecule has 9 nitrogen and oxygen atoms in total. The van der Waals surface area contributed by atoms with Crippen molar-refractivity contribution in [3.63, 3.8) is 0 Å². The summed E-state index contributed by atoms with van der Waals surface area (Å²) in [5.74, 6) is 0.676. The Bertz CT molecular complexity index is 7160. The van der Waals surface area contributed by atoms with E-state index in [0.717, 1.165) is 101 Å². The molecule has 0 unspecified atom stereocenters. The summed E-state index contributed by atoms with van der Waals surface area (Å²) in [6.45, 7) is 44.0. The van der Waals surface area contributed by atoms with Crippen LogP contribution in [0.1, 0.15) is 198 Å². The van der Waals surface area contributed by atoms with Crippen LogP contribution < -0.4 is 0 Å². The first-order valence-electron chi connectivity index (χ1n) is 46.9. The summed E-state index contributed by atoms with van der Waals surface area (Å²) in [7, 11) is 0. The number of hydrogen-bond donors (Lipinski definition) is 3. The van der Waals surface area contributed by atoms with Gasteiger partial charge in [0, 0.05) is 156 Å². The molecule has 13 heteroatoms. The van der Waals surface area contributed by atoms with E-state index < -0.39 is 0 Å². The van der Waals surface area contributed by atoms with E-state index in [-0.39, 0.29) is 127 Å². The molecule has 0 spiro atoms. The van der Waals surface area contributed by atoms with E-state index in [9.17, 15) is 29.7 Å². The molecule has 705 valence electrons. The summed E-state index contributed by atoms with van der Waals surface area (Å²) >= 11 is 1.80. The predicted molar refractivity (Wildman–Crippen MR) is 564 cm³/mol. The Morgan fingerprint density at radius 2 is 0.681 bits per heavy atom. The molecule has 0 fully saturated rings. The Morgan fingerprint density at radius 1 is 0.311 bits per heavy atom. The van der Waals surface area contributed by atoms with Crippen LogP contribution in [0.5, 0.6) is 0 Å². The number of aryl methyl sites for hydroxylation is 4. The van der Waals surface area contributed by atoms with Crippen LogP contribution in [-0.2, 0) is 74.7 Å². The number of carbonyl (C=O) groups is 3. The molecule has 4 heterocycles. The van der Waals surface area contributed by atoms with Crippen LogP contribution in [-0.4, -0.2) is 47.6 Å². The summed E-state index contributed by atoms with van der Waals surface area (Å²) in [6, 6.07) is 94.9. The van der Waals surface area contributed by atoms with Crippen molar-refractivity contribution in [2.24, 2.45) is 32.5 Å². The van der Waals surface area contributed by atoms with Crippen molar-refractivity contribution in [2.75, 3.05) is 0 Å². The van der Waals surface area contributed by atoms with Crippen molar-refractivity contribution in [1.29, 1.82) is 0 Å². The monoisotopic (exact) mass is 2340 g/mol. The number of fused-ring (bicyclic) bond motifs is 14. The molecule has 0 aliphatic carbocycles. The Morgan fingerprint density at radius 3 is 1.20 bits per heavy atom. The Kier molecular flexibility index (Phi) is 37.0. The van der Waals surface area contributed by atoms with Crippen molar-refractivity contribution in [2.45, 2.75) is 204 Å². The number of allylic oxidation sites excluding steroid dienone is 6. The molecule has 3 N–H and O–H groups in total. The van der Waals surface area contributed by atoms with E-state index in [1.807, 2.05) is 143 Å². The molecular weight excluding hydrogens is 2210 g/mol. The minimum absolute atomic E-state index is 0. The van der Waals surface area contributed by atoms with Gasteiger partial charge in [-0.15, -0.1) is 98.8 Å². The summed E-state index contributed by atoms with van der Waals surface area (Å²) in [5.41, 5.74) is 10.5. The number of hydrogen-bond acceptors (Lipinski definition) is 10. The van der Waals surface area contributed by atoms with Gasteiger partial charge in [-0.3, -0.25) is 29.3 Å². The summed E-state index contributed by atoms with van der Waals surface area (Å²) < 4.78 is 1.22. The molecule has 0 aliphatic rings. The molecule has 0 bridgehead atoms. The minimum atomic E-state index is -0.377. The summed E-state index contributed by atoms with van der Waals surface area (Å²) in [5, 5.41) is 53.2. The second-order valence-corrected chi connectivity index (χ2v) is 39.4. The molecule has 17 aromatic rings. The van der Waals surface area contributed by atoms with Crippen LogP contribution in [0.4, 0.5) is 0 Å². The molecule has 135 heavy (non-hydrogen) atoms. The first kappa shape index (κ1) is 108. The molecule has 3 radical (unpaired) electrons. The van der Waals surface area contributed by atoms with E-state index in [2.05, 4.69) is 282 Å². The van der Waals surface area contributed by atoms with Crippen molar-refractivity contribution >= 4 is 136 Å². The second-order valence-electron chi connectivity index (χ2n) is 38.4. The number of pyridine rings is 3. The van der Waals surface area contributed by atoms with Crippen LogP contribution in [0.3, 0.4) is 0 Å². The van der Waals surface area contributed by atoms with Crippen molar-refractivity contribution in [3.05, 3.63) is 331 Å². The molecule has 0 saturated carbocycles. The number of aliphatic hydroxyl groups excluding tert-OH is 3. The molecule has 4 aromatic heterocycles. The molecule has 0 aliphatic heterocycles. The fourth-order valence-corrected chi connectivity index (χ4v) is 17.3. The van der Waals surface area contributed by atoms with Gasteiger partial charge in [-0.05, 0) is 158 Å². The molecule has 0 atom stereocenters. The van der Waals surface area contributed by atoms with E-state index >= 15 is 0 Å². The molecule has 13 aromatic carbocycles. The molecular formula is C122H130Ir3N3O6S-3. The smallest absolute Gasteiger partial charge is 0.164 e.